The molecule has 0 N–H and O–H groups in total. The molecule has 0 radical (unpaired) electrons. The third kappa shape index (κ3) is 3.10. The summed E-state index contributed by atoms with van der Waals surface area (Å²) in [6.45, 7) is 4.12. The Hall–Kier alpha value is -0.780. The van der Waals surface area contributed by atoms with E-state index in [2.05, 4.69) is 35.0 Å². The van der Waals surface area contributed by atoms with Gasteiger partial charge in [-0.05, 0) is 36.6 Å². The smallest absolute Gasteiger partial charge is 0.101 e. The summed E-state index contributed by atoms with van der Waals surface area (Å²) in [6, 6.07) is 5.75. The summed E-state index contributed by atoms with van der Waals surface area (Å²) in [6.07, 6.45) is 4.24. The molecule has 0 bridgehead atoms. The van der Waals surface area contributed by atoms with E-state index < -0.39 is 0 Å². The van der Waals surface area contributed by atoms with Crippen molar-refractivity contribution in [1.29, 1.82) is 5.26 Å². The van der Waals surface area contributed by atoms with Crippen molar-refractivity contribution >= 4 is 32.0 Å². The predicted molar refractivity (Wildman–Crippen MR) is 72.7 cm³/mol. The van der Waals surface area contributed by atoms with Crippen molar-refractivity contribution in [3.05, 3.63) is 39.9 Å². The number of halogens is 2. The van der Waals surface area contributed by atoms with E-state index in [4.69, 9.17) is 16.9 Å². The van der Waals surface area contributed by atoms with E-state index in [0.717, 1.165) is 28.5 Å². The first-order valence-corrected chi connectivity index (χ1v) is 6.33. The first-order valence-electron chi connectivity index (χ1n) is 5.16. The second-order valence-corrected chi connectivity index (χ2v) is 4.86. The summed E-state index contributed by atoms with van der Waals surface area (Å²) in [5, 5.41) is 9.44. The molecular weight excluding hydrogens is 286 g/mol. The summed E-state index contributed by atoms with van der Waals surface area (Å²) in [5.41, 5.74) is 2.63. The van der Waals surface area contributed by atoms with Crippen LogP contribution in [0.15, 0.2) is 18.2 Å². The highest BCUT2D eigenvalue weighted by molar-refractivity contribution is 9.15. The van der Waals surface area contributed by atoms with Crippen molar-refractivity contribution in [2.24, 2.45) is 0 Å². The largest absolute Gasteiger partial charge is 0.192 e. The van der Waals surface area contributed by atoms with Crippen LogP contribution in [0.1, 0.15) is 36.5 Å². The normalized spacial score (nSPS) is 11.3. The van der Waals surface area contributed by atoms with E-state index in [-0.39, 0.29) is 0 Å². The van der Waals surface area contributed by atoms with Gasteiger partial charge in [-0.3, -0.25) is 0 Å². The molecule has 0 aliphatic carbocycles. The lowest BCUT2D eigenvalue weighted by molar-refractivity contribution is 0.962. The molecule has 0 atom stereocenters. The molecule has 1 aromatic carbocycles. The minimum Gasteiger partial charge on any atom is -0.192 e. The molecule has 0 saturated carbocycles. The van der Waals surface area contributed by atoms with Crippen molar-refractivity contribution in [3.8, 4) is 6.07 Å². The zero-order valence-corrected chi connectivity index (χ0v) is 11.7. The average Bonchev–Trinajstić information content (AvgIpc) is 2.26. The van der Waals surface area contributed by atoms with Gasteiger partial charge in [0.05, 0.1) is 10.6 Å². The number of unbranched alkanes of at least 4 members (excludes halogenated alkanes) is 1. The van der Waals surface area contributed by atoms with E-state index in [1.165, 1.54) is 0 Å². The second-order valence-electron chi connectivity index (χ2n) is 3.60. The third-order valence-electron chi connectivity index (χ3n) is 2.30. The molecule has 1 nitrogen and oxygen atoms in total. The van der Waals surface area contributed by atoms with Gasteiger partial charge in [0.25, 0.3) is 0 Å². The van der Waals surface area contributed by atoms with E-state index in [9.17, 15) is 0 Å². The topological polar surface area (TPSA) is 23.8 Å². The Kier molecular flexibility index (Phi) is 5.05. The maximum absolute atomic E-state index is 8.92. The van der Waals surface area contributed by atoms with E-state index >= 15 is 0 Å². The molecule has 0 amide bonds. The van der Waals surface area contributed by atoms with Crippen LogP contribution in [0.2, 0.25) is 5.02 Å². The van der Waals surface area contributed by atoms with Crippen LogP contribution in [0.25, 0.3) is 4.48 Å². The van der Waals surface area contributed by atoms with Gasteiger partial charge in [-0.1, -0.05) is 47.0 Å². The SMILES string of the molecule is CCC/C=C(/Br)c1cc(C#N)c(Cl)cc1C. The quantitative estimate of drug-likeness (QED) is 0.765. The van der Waals surface area contributed by atoms with Gasteiger partial charge < -0.3 is 0 Å². The molecule has 3 heteroatoms. The Morgan fingerprint density at radius 1 is 1.56 bits per heavy atom. The minimum atomic E-state index is 0.513. The zero-order chi connectivity index (χ0) is 12.1. The van der Waals surface area contributed by atoms with Gasteiger partial charge in [0, 0.05) is 4.48 Å². The van der Waals surface area contributed by atoms with Crippen LogP contribution in [0.3, 0.4) is 0 Å². The number of rotatable bonds is 3. The summed E-state index contributed by atoms with van der Waals surface area (Å²) in [5.74, 6) is 0. The Morgan fingerprint density at radius 3 is 2.81 bits per heavy atom. The molecule has 0 aliphatic heterocycles. The first-order chi connectivity index (χ1) is 7.60. The molecule has 0 aromatic heterocycles. The van der Waals surface area contributed by atoms with E-state index in [0.29, 0.717) is 10.6 Å². The Bertz CT molecular complexity index is 458. The fourth-order valence-electron chi connectivity index (χ4n) is 1.40. The molecule has 16 heavy (non-hydrogen) atoms. The van der Waals surface area contributed by atoms with Crippen molar-refractivity contribution < 1.29 is 0 Å². The van der Waals surface area contributed by atoms with Crippen LogP contribution in [-0.2, 0) is 0 Å². The number of benzene rings is 1. The summed E-state index contributed by atoms with van der Waals surface area (Å²) in [7, 11) is 0. The van der Waals surface area contributed by atoms with Crippen molar-refractivity contribution in [2.45, 2.75) is 26.7 Å². The van der Waals surface area contributed by atoms with Gasteiger partial charge in [-0.2, -0.15) is 5.26 Å². The highest BCUT2D eigenvalue weighted by atomic mass is 79.9. The van der Waals surface area contributed by atoms with Gasteiger partial charge in [0.15, 0.2) is 0 Å². The molecule has 1 aromatic rings. The van der Waals surface area contributed by atoms with Gasteiger partial charge in [-0.15, -0.1) is 0 Å². The molecule has 0 aliphatic rings. The van der Waals surface area contributed by atoms with Crippen LogP contribution in [0.4, 0.5) is 0 Å². The number of hydrogen-bond donors (Lipinski definition) is 0. The zero-order valence-electron chi connectivity index (χ0n) is 9.35. The molecule has 0 fully saturated rings. The van der Waals surface area contributed by atoms with Gasteiger partial charge in [-0.25, -0.2) is 0 Å². The van der Waals surface area contributed by atoms with Crippen molar-refractivity contribution in [2.75, 3.05) is 0 Å². The summed E-state index contributed by atoms with van der Waals surface area (Å²) >= 11 is 9.49. The Balaban J connectivity index is 3.19. The van der Waals surface area contributed by atoms with Crippen LogP contribution in [0, 0.1) is 18.3 Å². The fourth-order valence-corrected chi connectivity index (χ4v) is 2.31. The lowest BCUT2D eigenvalue weighted by Crippen LogP contribution is -1.88. The number of aryl methyl sites for hydroxylation is 1. The molecular formula is C13H13BrClN. The van der Waals surface area contributed by atoms with E-state index in [1.807, 2.05) is 19.1 Å². The lowest BCUT2D eigenvalue weighted by atomic mass is 10.0. The summed E-state index contributed by atoms with van der Waals surface area (Å²) in [4.78, 5) is 0. The monoisotopic (exact) mass is 297 g/mol. The second kappa shape index (κ2) is 6.08. The molecule has 0 spiro atoms. The van der Waals surface area contributed by atoms with Crippen LogP contribution < -0.4 is 0 Å². The third-order valence-corrected chi connectivity index (χ3v) is 3.37. The van der Waals surface area contributed by atoms with Gasteiger partial charge >= 0.3 is 0 Å². The van der Waals surface area contributed by atoms with Gasteiger partial charge in [0.2, 0.25) is 0 Å². The number of nitriles is 1. The summed E-state index contributed by atoms with van der Waals surface area (Å²) < 4.78 is 1.03. The number of allylic oxidation sites excluding steroid dienone is 1. The molecule has 0 unspecified atom stereocenters. The van der Waals surface area contributed by atoms with Crippen LogP contribution >= 0.6 is 27.5 Å². The highest BCUT2D eigenvalue weighted by Crippen LogP contribution is 2.29. The minimum absolute atomic E-state index is 0.513. The maximum Gasteiger partial charge on any atom is 0.101 e. The average molecular weight is 299 g/mol. The molecule has 0 heterocycles. The molecule has 0 saturated heterocycles. The van der Waals surface area contributed by atoms with E-state index in [1.54, 1.807) is 0 Å². The van der Waals surface area contributed by atoms with Crippen LogP contribution in [-0.4, -0.2) is 0 Å². The lowest BCUT2D eigenvalue weighted by Gasteiger charge is -2.07. The maximum atomic E-state index is 8.92. The highest BCUT2D eigenvalue weighted by Gasteiger charge is 2.07. The Labute approximate surface area is 110 Å². The number of hydrogen-bond acceptors (Lipinski definition) is 1. The van der Waals surface area contributed by atoms with Crippen LogP contribution in [0.5, 0.6) is 0 Å². The standard InChI is InChI=1S/C13H13BrClN/c1-3-4-5-12(14)11-7-10(8-16)13(15)6-9(11)2/h5-7H,3-4H2,1-2H3/b12-5+. The van der Waals surface area contributed by atoms with Crippen molar-refractivity contribution in [3.63, 3.8) is 0 Å². The fraction of sp³-hybridized carbons (Fsp3) is 0.308. The first kappa shape index (κ1) is 13.3. The van der Waals surface area contributed by atoms with Gasteiger partial charge in [0.1, 0.15) is 6.07 Å². The van der Waals surface area contributed by atoms with Crippen molar-refractivity contribution in [1.82, 2.24) is 0 Å². The Morgan fingerprint density at radius 2 is 2.25 bits per heavy atom. The molecule has 1 rings (SSSR count). The predicted octanol–water partition coefficient (Wildman–Crippen LogP) is 5.06. The number of nitrogens with zero attached hydrogens (tertiary/aromatic N) is 1. The molecule has 84 valence electrons.